The molecule has 0 aromatic heterocycles. The number of carbonyl (C=O) groups is 1. The lowest BCUT2D eigenvalue weighted by Gasteiger charge is -2.22. The van der Waals surface area contributed by atoms with Gasteiger partial charge in [-0.2, -0.15) is 0 Å². The Morgan fingerprint density at radius 3 is 2.59 bits per heavy atom. The highest BCUT2D eigenvalue weighted by Gasteiger charge is 2.18. The Balaban J connectivity index is 1.82. The summed E-state index contributed by atoms with van der Waals surface area (Å²) in [5.41, 5.74) is 1.52. The summed E-state index contributed by atoms with van der Waals surface area (Å²) in [4.78, 5) is 12.2. The fourth-order valence-electron chi connectivity index (χ4n) is 2.82. The van der Waals surface area contributed by atoms with Crippen molar-refractivity contribution in [2.75, 3.05) is 23.7 Å². The molecule has 0 saturated carbocycles. The Labute approximate surface area is 177 Å². The number of hydrogen-bond acceptors (Lipinski definition) is 4. The molecule has 2 aromatic rings. The molecule has 1 amide bonds. The SMILES string of the molecule is Cc1ccccc1OC[C@@H](C)NC(=O)CCCN(c1cccc(Cl)c1)S(C)(=O)=O. The summed E-state index contributed by atoms with van der Waals surface area (Å²) in [6, 6.07) is 14.2. The van der Waals surface area contributed by atoms with Gasteiger partial charge in [0.05, 0.1) is 18.0 Å². The van der Waals surface area contributed by atoms with E-state index in [2.05, 4.69) is 5.32 Å². The molecule has 0 fully saturated rings. The molecular formula is C21H27ClN2O4S. The Morgan fingerprint density at radius 1 is 1.21 bits per heavy atom. The average molecular weight is 439 g/mol. The van der Waals surface area contributed by atoms with Crippen molar-refractivity contribution >= 4 is 33.2 Å². The second-order valence-corrected chi connectivity index (χ2v) is 9.31. The molecule has 1 N–H and O–H groups in total. The summed E-state index contributed by atoms with van der Waals surface area (Å²) in [5.74, 6) is 0.643. The van der Waals surface area contributed by atoms with Crippen molar-refractivity contribution in [2.24, 2.45) is 0 Å². The van der Waals surface area contributed by atoms with Crippen molar-refractivity contribution in [3.63, 3.8) is 0 Å². The van der Waals surface area contributed by atoms with Gasteiger partial charge in [0.2, 0.25) is 15.9 Å². The molecule has 0 radical (unpaired) electrons. The van der Waals surface area contributed by atoms with E-state index in [1.165, 1.54) is 4.31 Å². The van der Waals surface area contributed by atoms with Gasteiger partial charge in [0.1, 0.15) is 12.4 Å². The first-order valence-corrected chi connectivity index (χ1v) is 11.6. The monoisotopic (exact) mass is 438 g/mol. The minimum absolute atomic E-state index is 0.148. The number of hydrogen-bond donors (Lipinski definition) is 1. The van der Waals surface area contributed by atoms with E-state index in [1.807, 2.05) is 38.1 Å². The molecule has 0 bridgehead atoms. The maximum absolute atomic E-state index is 12.2. The minimum atomic E-state index is -3.48. The highest BCUT2D eigenvalue weighted by Crippen LogP contribution is 2.22. The van der Waals surface area contributed by atoms with E-state index >= 15 is 0 Å². The molecule has 0 aliphatic carbocycles. The lowest BCUT2D eigenvalue weighted by Crippen LogP contribution is -2.37. The number of anilines is 1. The van der Waals surface area contributed by atoms with Crippen LogP contribution < -0.4 is 14.4 Å². The average Bonchev–Trinajstić information content (AvgIpc) is 2.63. The molecule has 0 aliphatic rings. The van der Waals surface area contributed by atoms with Crippen molar-refractivity contribution in [3.8, 4) is 5.75 Å². The third-order valence-electron chi connectivity index (χ3n) is 4.25. The summed E-state index contributed by atoms with van der Waals surface area (Å²) in [5, 5.41) is 3.33. The molecule has 8 heteroatoms. The smallest absolute Gasteiger partial charge is 0.232 e. The van der Waals surface area contributed by atoms with Crippen molar-refractivity contribution in [2.45, 2.75) is 32.7 Å². The zero-order valence-electron chi connectivity index (χ0n) is 16.9. The van der Waals surface area contributed by atoms with Crippen LogP contribution in [0, 0.1) is 6.92 Å². The summed E-state index contributed by atoms with van der Waals surface area (Å²) in [6.07, 6.45) is 1.73. The summed E-state index contributed by atoms with van der Waals surface area (Å²) in [7, 11) is -3.48. The van der Waals surface area contributed by atoms with Crippen LogP contribution in [0.4, 0.5) is 5.69 Å². The van der Waals surface area contributed by atoms with Crippen molar-refractivity contribution in [3.05, 3.63) is 59.1 Å². The molecule has 0 spiro atoms. The lowest BCUT2D eigenvalue weighted by atomic mass is 10.2. The number of aryl methyl sites for hydroxylation is 1. The number of sulfonamides is 1. The fraction of sp³-hybridized carbons (Fsp3) is 0.381. The van der Waals surface area contributed by atoms with Gasteiger partial charge in [-0.05, 0) is 50.1 Å². The van der Waals surface area contributed by atoms with Crippen LogP contribution in [-0.4, -0.2) is 39.8 Å². The van der Waals surface area contributed by atoms with E-state index in [9.17, 15) is 13.2 Å². The van der Waals surface area contributed by atoms with Gasteiger partial charge in [-0.25, -0.2) is 8.42 Å². The molecule has 0 heterocycles. The van der Waals surface area contributed by atoms with E-state index < -0.39 is 10.0 Å². The molecule has 0 aliphatic heterocycles. The van der Waals surface area contributed by atoms with Gasteiger partial charge >= 0.3 is 0 Å². The van der Waals surface area contributed by atoms with Gasteiger partial charge in [-0.3, -0.25) is 9.10 Å². The van der Waals surface area contributed by atoms with Gasteiger partial charge in [0.15, 0.2) is 0 Å². The summed E-state index contributed by atoms with van der Waals surface area (Å²) in [6.45, 7) is 4.38. The van der Waals surface area contributed by atoms with Crippen molar-refractivity contribution in [1.29, 1.82) is 0 Å². The van der Waals surface area contributed by atoms with Crippen LogP contribution >= 0.6 is 11.6 Å². The van der Waals surface area contributed by atoms with Crippen LogP contribution in [-0.2, 0) is 14.8 Å². The number of para-hydroxylation sites is 1. The predicted molar refractivity (Wildman–Crippen MR) is 117 cm³/mol. The Bertz CT molecular complexity index is 934. The molecule has 0 saturated heterocycles. The van der Waals surface area contributed by atoms with Crippen LogP contribution in [0.25, 0.3) is 0 Å². The van der Waals surface area contributed by atoms with E-state index in [0.717, 1.165) is 17.6 Å². The second kappa shape index (κ2) is 10.5. The van der Waals surface area contributed by atoms with Crippen molar-refractivity contribution < 1.29 is 17.9 Å². The zero-order chi connectivity index (χ0) is 21.4. The highest BCUT2D eigenvalue weighted by molar-refractivity contribution is 7.92. The highest BCUT2D eigenvalue weighted by atomic mass is 35.5. The molecule has 6 nitrogen and oxygen atoms in total. The number of rotatable bonds is 10. The molecule has 2 rings (SSSR count). The first kappa shape index (κ1) is 23.0. The van der Waals surface area contributed by atoms with Crippen LogP contribution in [0.1, 0.15) is 25.3 Å². The zero-order valence-corrected chi connectivity index (χ0v) is 18.5. The number of benzene rings is 2. The topological polar surface area (TPSA) is 75.7 Å². The van der Waals surface area contributed by atoms with Gasteiger partial charge in [0, 0.05) is 18.0 Å². The van der Waals surface area contributed by atoms with Crippen LogP contribution in [0.3, 0.4) is 0 Å². The number of nitrogens with one attached hydrogen (secondary N) is 1. The second-order valence-electron chi connectivity index (χ2n) is 6.96. The first-order chi connectivity index (χ1) is 13.7. The number of carbonyl (C=O) groups excluding carboxylic acids is 1. The molecule has 158 valence electrons. The molecule has 1 atom stereocenters. The van der Waals surface area contributed by atoms with Gasteiger partial charge in [-0.15, -0.1) is 0 Å². The first-order valence-electron chi connectivity index (χ1n) is 9.38. The van der Waals surface area contributed by atoms with E-state index in [-0.39, 0.29) is 24.9 Å². The number of nitrogens with zero attached hydrogens (tertiary/aromatic N) is 1. The largest absolute Gasteiger partial charge is 0.491 e. The molecule has 29 heavy (non-hydrogen) atoms. The molecular weight excluding hydrogens is 412 g/mol. The summed E-state index contributed by atoms with van der Waals surface area (Å²) < 4.78 is 31.2. The van der Waals surface area contributed by atoms with Crippen LogP contribution in [0.2, 0.25) is 5.02 Å². The Hall–Kier alpha value is -2.25. The third kappa shape index (κ3) is 7.59. The molecule has 0 unspecified atom stereocenters. The lowest BCUT2D eigenvalue weighted by molar-refractivity contribution is -0.121. The van der Waals surface area contributed by atoms with E-state index in [4.69, 9.17) is 16.3 Å². The van der Waals surface area contributed by atoms with Gasteiger partial charge in [0.25, 0.3) is 0 Å². The van der Waals surface area contributed by atoms with Crippen LogP contribution in [0.15, 0.2) is 48.5 Å². The minimum Gasteiger partial charge on any atom is -0.491 e. The summed E-state index contributed by atoms with van der Waals surface area (Å²) >= 11 is 5.97. The van der Waals surface area contributed by atoms with Gasteiger partial charge in [-0.1, -0.05) is 35.9 Å². The number of amides is 1. The number of halogens is 1. The standard InChI is InChI=1S/C21H27ClN2O4S/c1-16-8-4-5-11-20(16)28-15-17(2)23-21(25)12-7-13-24(29(3,26)27)19-10-6-9-18(22)14-19/h4-6,8-11,14,17H,7,12-13,15H2,1-3H3,(H,23,25)/t17-/m1/s1. The number of ether oxygens (including phenoxy) is 1. The third-order valence-corrected chi connectivity index (χ3v) is 5.68. The van der Waals surface area contributed by atoms with E-state index in [0.29, 0.717) is 23.7 Å². The molecule has 2 aromatic carbocycles. The Morgan fingerprint density at radius 2 is 1.93 bits per heavy atom. The maximum atomic E-state index is 12.2. The fourth-order valence-corrected chi connectivity index (χ4v) is 3.96. The Kier molecular flexibility index (Phi) is 8.34. The van der Waals surface area contributed by atoms with Crippen LogP contribution in [0.5, 0.6) is 5.75 Å². The van der Waals surface area contributed by atoms with Crippen molar-refractivity contribution in [1.82, 2.24) is 5.32 Å². The van der Waals surface area contributed by atoms with Gasteiger partial charge < -0.3 is 10.1 Å². The predicted octanol–water partition coefficient (Wildman–Crippen LogP) is 3.78. The quantitative estimate of drug-likeness (QED) is 0.612. The maximum Gasteiger partial charge on any atom is 0.232 e. The van der Waals surface area contributed by atoms with E-state index in [1.54, 1.807) is 24.3 Å². The normalized spacial score (nSPS) is 12.3.